The van der Waals surface area contributed by atoms with Crippen LogP contribution in [-0.2, 0) is 6.42 Å². The highest BCUT2D eigenvalue weighted by molar-refractivity contribution is 5.80. The molecule has 2 aromatic rings. The molecule has 1 aliphatic rings. The summed E-state index contributed by atoms with van der Waals surface area (Å²) in [4.78, 5) is 6.79. The lowest BCUT2D eigenvalue weighted by atomic mass is 10.0. The van der Waals surface area contributed by atoms with Crippen LogP contribution in [0.3, 0.4) is 0 Å². The van der Waals surface area contributed by atoms with Crippen molar-refractivity contribution in [3.05, 3.63) is 47.5 Å². The molecule has 3 rings (SSSR count). The van der Waals surface area contributed by atoms with E-state index in [1.165, 1.54) is 5.56 Å². The molecular formula is C25H36N4O3. The van der Waals surface area contributed by atoms with E-state index in [1.807, 2.05) is 13.1 Å². The van der Waals surface area contributed by atoms with Gasteiger partial charge in [0.1, 0.15) is 17.2 Å². The Morgan fingerprint density at radius 3 is 2.28 bits per heavy atom. The first-order valence-electron chi connectivity index (χ1n) is 11.1. The Morgan fingerprint density at radius 1 is 1.00 bits per heavy atom. The zero-order valence-corrected chi connectivity index (χ0v) is 19.9. The maximum absolute atomic E-state index is 5.43. The minimum Gasteiger partial charge on any atom is -0.497 e. The highest BCUT2D eigenvalue weighted by Crippen LogP contribution is 2.30. The summed E-state index contributed by atoms with van der Waals surface area (Å²) < 4.78 is 16.3. The van der Waals surface area contributed by atoms with Crippen LogP contribution < -0.4 is 29.7 Å². The number of guanidine groups is 1. The average Bonchev–Trinajstić information content (AvgIpc) is 2.84. The Kier molecular flexibility index (Phi) is 8.48. The molecule has 174 valence electrons. The lowest BCUT2D eigenvalue weighted by molar-refractivity contribution is 0.393. The lowest BCUT2D eigenvalue weighted by Crippen LogP contribution is -2.49. The predicted octanol–water partition coefficient (Wildman–Crippen LogP) is 3.40. The SMILES string of the molecule is CN=C(NCCc1ccc(C)c(OC)c1)NC1CCN(c2cc(OC)cc(OC)c2)CC1. The molecule has 0 bridgehead atoms. The first-order valence-corrected chi connectivity index (χ1v) is 11.1. The molecule has 0 unspecified atom stereocenters. The van der Waals surface area contributed by atoms with Gasteiger partial charge in [-0.05, 0) is 43.4 Å². The lowest BCUT2D eigenvalue weighted by Gasteiger charge is -2.34. The number of nitrogens with zero attached hydrogens (tertiary/aromatic N) is 2. The average molecular weight is 441 g/mol. The first kappa shape index (κ1) is 23.6. The summed E-state index contributed by atoms with van der Waals surface area (Å²) in [5, 5.41) is 7.02. The Hall–Kier alpha value is -3.09. The number of ether oxygens (including phenoxy) is 3. The van der Waals surface area contributed by atoms with Crippen molar-refractivity contribution in [2.45, 2.75) is 32.2 Å². The summed E-state index contributed by atoms with van der Waals surface area (Å²) in [6.45, 7) is 4.80. The van der Waals surface area contributed by atoms with Crippen LogP contribution in [0.2, 0.25) is 0 Å². The van der Waals surface area contributed by atoms with Gasteiger partial charge in [-0.3, -0.25) is 4.99 Å². The molecule has 0 radical (unpaired) electrons. The number of rotatable bonds is 8. The van der Waals surface area contributed by atoms with Gasteiger partial charge in [-0.1, -0.05) is 12.1 Å². The van der Waals surface area contributed by atoms with Crippen LogP contribution in [-0.4, -0.2) is 60.0 Å². The van der Waals surface area contributed by atoms with Gasteiger partial charge in [-0.15, -0.1) is 0 Å². The van der Waals surface area contributed by atoms with E-state index in [0.717, 1.165) is 73.4 Å². The molecule has 1 saturated heterocycles. The number of nitrogens with one attached hydrogen (secondary N) is 2. The number of aryl methyl sites for hydroxylation is 1. The Balaban J connectivity index is 1.47. The number of aliphatic imine (C=N–C) groups is 1. The van der Waals surface area contributed by atoms with Crippen LogP contribution in [0, 0.1) is 6.92 Å². The van der Waals surface area contributed by atoms with Gasteiger partial charge >= 0.3 is 0 Å². The van der Waals surface area contributed by atoms with Gasteiger partial charge in [0.05, 0.1) is 21.3 Å². The monoisotopic (exact) mass is 440 g/mol. The fraction of sp³-hybridized carbons (Fsp3) is 0.480. The van der Waals surface area contributed by atoms with E-state index < -0.39 is 0 Å². The zero-order valence-electron chi connectivity index (χ0n) is 19.9. The summed E-state index contributed by atoms with van der Waals surface area (Å²) in [6, 6.07) is 12.8. The van der Waals surface area contributed by atoms with Crippen molar-refractivity contribution in [3.8, 4) is 17.2 Å². The van der Waals surface area contributed by atoms with Gasteiger partial charge in [-0.25, -0.2) is 0 Å². The van der Waals surface area contributed by atoms with Gasteiger partial charge in [0.25, 0.3) is 0 Å². The number of piperidine rings is 1. The summed E-state index contributed by atoms with van der Waals surface area (Å²) in [5.74, 6) is 3.42. The molecule has 1 fully saturated rings. The summed E-state index contributed by atoms with van der Waals surface area (Å²) in [7, 11) is 6.90. The molecule has 7 nitrogen and oxygen atoms in total. The molecule has 0 atom stereocenters. The number of methoxy groups -OCH3 is 3. The van der Waals surface area contributed by atoms with Crippen LogP contribution >= 0.6 is 0 Å². The van der Waals surface area contributed by atoms with E-state index in [1.54, 1.807) is 21.3 Å². The summed E-state index contributed by atoms with van der Waals surface area (Å²) in [6.07, 6.45) is 2.98. The molecule has 32 heavy (non-hydrogen) atoms. The van der Waals surface area contributed by atoms with Crippen molar-refractivity contribution in [2.24, 2.45) is 4.99 Å². The van der Waals surface area contributed by atoms with Gasteiger partial charge in [-0.2, -0.15) is 0 Å². The van der Waals surface area contributed by atoms with Crippen molar-refractivity contribution in [1.82, 2.24) is 10.6 Å². The largest absolute Gasteiger partial charge is 0.497 e. The molecule has 7 heteroatoms. The Labute approximate surface area is 191 Å². The fourth-order valence-corrected chi connectivity index (χ4v) is 3.99. The van der Waals surface area contributed by atoms with Crippen LogP contribution in [0.15, 0.2) is 41.4 Å². The van der Waals surface area contributed by atoms with E-state index in [0.29, 0.717) is 6.04 Å². The predicted molar refractivity (Wildman–Crippen MR) is 131 cm³/mol. The van der Waals surface area contributed by atoms with Crippen molar-refractivity contribution in [3.63, 3.8) is 0 Å². The van der Waals surface area contributed by atoms with Crippen molar-refractivity contribution in [1.29, 1.82) is 0 Å². The quantitative estimate of drug-likeness (QED) is 0.485. The number of benzene rings is 2. The normalized spacial score (nSPS) is 14.8. The zero-order chi connectivity index (χ0) is 22.9. The molecule has 2 N–H and O–H groups in total. The topological polar surface area (TPSA) is 67.4 Å². The minimum absolute atomic E-state index is 0.393. The summed E-state index contributed by atoms with van der Waals surface area (Å²) in [5.41, 5.74) is 3.54. The van der Waals surface area contributed by atoms with E-state index in [4.69, 9.17) is 14.2 Å². The van der Waals surface area contributed by atoms with Crippen molar-refractivity contribution < 1.29 is 14.2 Å². The second-order valence-corrected chi connectivity index (χ2v) is 8.03. The second kappa shape index (κ2) is 11.5. The van der Waals surface area contributed by atoms with Gasteiger partial charge in [0.15, 0.2) is 5.96 Å². The third-order valence-corrected chi connectivity index (χ3v) is 5.94. The van der Waals surface area contributed by atoms with Crippen molar-refractivity contribution >= 4 is 11.6 Å². The Bertz CT molecular complexity index is 886. The Morgan fingerprint density at radius 2 is 1.69 bits per heavy atom. The van der Waals surface area contributed by atoms with Gasteiger partial charge in [0.2, 0.25) is 0 Å². The maximum atomic E-state index is 5.43. The second-order valence-electron chi connectivity index (χ2n) is 8.03. The van der Waals surface area contributed by atoms with E-state index in [-0.39, 0.29) is 0 Å². The third kappa shape index (κ3) is 6.22. The van der Waals surface area contributed by atoms with Crippen molar-refractivity contribution in [2.75, 3.05) is 52.9 Å². The molecule has 1 aliphatic heterocycles. The number of anilines is 1. The van der Waals surface area contributed by atoms with Crippen LogP contribution in [0.4, 0.5) is 5.69 Å². The van der Waals surface area contributed by atoms with E-state index >= 15 is 0 Å². The molecule has 0 aromatic heterocycles. The summed E-state index contributed by atoms with van der Waals surface area (Å²) >= 11 is 0. The minimum atomic E-state index is 0.393. The molecule has 2 aromatic carbocycles. The maximum Gasteiger partial charge on any atom is 0.191 e. The number of hydrogen-bond donors (Lipinski definition) is 2. The molecule has 0 saturated carbocycles. The van der Waals surface area contributed by atoms with E-state index in [2.05, 4.69) is 57.8 Å². The smallest absolute Gasteiger partial charge is 0.191 e. The van der Waals surface area contributed by atoms with Crippen LogP contribution in [0.25, 0.3) is 0 Å². The molecular weight excluding hydrogens is 404 g/mol. The van der Waals surface area contributed by atoms with Gasteiger partial charge in [0, 0.05) is 56.6 Å². The molecule has 1 heterocycles. The fourth-order valence-electron chi connectivity index (χ4n) is 3.99. The third-order valence-electron chi connectivity index (χ3n) is 5.94. The number of hydrogen-bond acceptors (Lipinski definition) is 5. The van der Waals surface area contributed by atoms with E-state index in [9.17, 15) is 0 Å². The molecule has 0 spiro atoms. The molecule has 0 aliphatic carbocycles. The molecule has 0 amide bonds. The first-order chi connectivity index (χ1) is 15.6. The highest BCUT2D eigenvalue weighted by Gasteiger charge is 2.21. The highest BCUT2D eigenvalue weighted by atomic mass is 16.5. The van der Waals surface area contributed by atoms with Crippen LogP contribution in [0.5, 0.6) is 17.2 Å². The van der Waals surface area contributed by atoms with Gasteiger partial charge < -0.3 is 29.7 Å². The van der Waals surface area contributed by atoms with Crippen LogP contribution in [0.1, 0.15) is 24.0 Å². The standard InChI is InChI=1S/C25H36N4O3/c1-18-6-7-19(14-24(18)32-5)8-11-27-25(26-2)28-20-9-12-29(13-10-20)21-15-22(30-3)17-23(16-21)31-4/h6-7,14-17,20H,8-13H2,1-5H3,(H2,26,27,28).